The summed E-state index contributed by atoms with van der Waals surface area (Å²) in [5.74, 6) is 0.852. The van der Waals surface area contributed by atoms with E-state index in [0.717, 1.165) is 37.3 Å². The van der Waals surface area contributed by atoms with E-state index in [4.69, 9.17) is 26.7 Å². The summed E-state index contributed by atoms with van der Waals surface area (Å²) in [5, 5.41) is 17.0. The zero-order valence-corrected chi connectivity index (χ0v) is 14.6. The highest BCUT2D eigenvalue weighted by atomic mass is 32.1. The molecule has 2 heterocycles. The largest absolute Gasteiger partial charge is 0.457 e. The summed E-state index contributed by atoms with van der Waals surface area (Å²) in [6.45, 7) is 0. The molecule has 0 fully saturated rings. The average molecular weight is 360 g/mol. The highest BCUT2D eigenvalue weighted by Crippen LogP contribution is 2.29. The van der Waals surface area contributed by atoms with E-state index in [1.165, 1.54) is 0 Å². The lowest BCUT2D eigenvalue weighted by Crippen LogP contribution is -2.10. The van der Waals surface area contributed by atoms with Crippen LogP contribution in [0, 0.1) is 10.8 Å². The van der Waals surface area contributed by atoms with Crippen LogP contribution in [0.5, 0.6) is 0 Å². The second-order valence-electron chi connectivity index (χ2n) is 5.96. The number of hydrogen-bond donors (Lipinski definition) is 4. The summed E-state index contributed by atoms with van der Waals surface area (Å²) >= 11 is 1.67. The Morgan fingerprint density at radius 1 is 0.846 bits per heavy atom. The normalized spacial score (nSPS) is 11.5. The molecule has 0 amide bonds. The van der Waals surface area contributed by atoms with Gasteiger partial charge in [0.2, 0.25) is 0 Å². The van der Waals surface area contributed by atoms with Gasteiger partial charge in [-0.1, -0.05) is 0 Å². The lowest BCUT2D eigenvalue weighted by atomic mass is 10.1. The first-order chi connectivity index (χ1) is 12.5. The third-order valence-corrected chi connectivity index (χ3v) is 5.19. The zero-order valence-electron chi connectivity index (χ0n) is 13.7. The van der Waals surface area contributed by atoms with Crippen molar-refractivity contribution in [3.8, 4) is 0 Å². The predicted octanol–water partition coefficient (Wildman–Crippen LogP) is 4.39. The van der Waals surface area contributed by atoms with Crippen molar-refractivity contribution in [2.75, 3.05) is 0 Å². The molecule has 26 heavy (non-hydrogen) atoms. The Bertz CT molecular complexity index is 1110. The third kappa shape index (κ3) is 2.98. The number of nitrogens with two attached hydrogens (primary N) is 2. The Morgan fingerprint density at radius 2 is 1.54 bits per heavy atom. The lowest BCUT2D eigenvalue weighted by Gasteiger charge is -1.96. The van der Waals surface area contributed by atoms with Crippen molar-refractivity contribution in [2.24, 2.45) is 11.5 Å². The Kier molecular flexibility index (Phi) is 3.82. The van der Waals surface area contributed by atoms with Gasteiger partial charge in [-0.15, -0.1) is 11.3 Å². The Balaban J connectivity index is 1.65. The highest BCUT2D eigenvalue weighted by Gasteiger charge is 2.06. The predicted molar refractivity (Wildman–Crippen MR) is 109 cm³/mol. The zero-order chi connectivity index (χ0) is 18.3. The van der Waals surface area contributed by atoms with E-state index in [9.17, 15) is 0 Å². The summed E-state index contributed by atoms with van der Waals surface area (Å²) in [4.78, 5) is 1.09. The van der Waals surface area contributed by atoms with E-state index in [-0.39, 0.29) is 11.7 Å². The number of fused-ring (bicyclic) bond motifs is 2. The molecule has 4 aromatic rings. The maximum Gasteiger partial charge on any atom is 0.134 e. The molecule has 0 saturated carbocycles. The van der Waals surface area contributed by atoms with Crippen LogP contribution in [0.4, 0.5) is 0 Å². The van der Waals surface area contributed by atoms with Crippen LogP contribution in [0.15, 0.2) is 52.9 Å². The molecule has 0 radical (unpaired) electrons. The fourth-order valence-electron chi connectivity index (χ4n) is 2.79. The fraction of sp³-hybridized carbons (Fsp3) is 0. The molecule has 5 nitrogen and oxygen atoms in total. The molecule has 0 saturated heterocycles. The first-order valence-electron chi connectivity index (χ1n) is 7.94. The first kappa shape index (κ1) is 16.1. The smallest absolute Gasteiger partial charge is 0.134 e. The molecule has 6 heteroatoms. The number of thiophene rings is 1. The summed E-state index contributed by atoms with van der Waals surface area (Å²) in [7, 11) is 0. The minimum atomic E-state index is 0.0420. The van der Waals surface area contributed by atoms with E-state index in [1.807, 2.05) is 48.6 Å². The quantitative estimate of drug-likeness (QED) is 0.320. The average Bonchev–Trinajstić information content (AvgIpc) is 3.21. The minimum absolute atomic E-state index is 0.0420. The van der Waals surface area contributed by atoms with Crippen LogP contribution in [0.1, 0.15) is 21.8 Å². The second-order valence-corrected chi connectivity index (χ2v) is 7.08. The van der Waals surface area contributed by atoms with Gasteiger partial charge in [-0.3, -0.25) is 10.8 Å². The van der Waals surface area contributed by atoms with Gasteiger partial charge in [0.15, 0.2) is 0 Å². The Labute approximate surface area is 153 Å². The van der Waals surface area contributed by atoms with E-state index >= 15 is 0 Å². The number of furan rings is 1. The van der Waals surface area contributed by atoms with Crippen molar-refractivity contribution < 1.29 is 4.42 Å². The van der Waals surface area contributed by atoms with Gasteiger partial charge < -0.3 is 15.9 Å². The fourth-order valence-corrected chi connectivity index (χ4v) is 3.74. The van der Waals surface area contributed by atoms with Gasteiger partial charge in [-0.2, -0.15) is 0 Å². The van der Waals surface area contributed by atoms with Crippen molar-refractivity contribution in [3.63, 3.8) is 0 Å². The maximum absolute atomic E-state index is 7.54. The van der Waals surface area contributed by atoms with Gasteiger partial charge in [-0.25, -0.2) is 0 Å². The Morgan fingerprint density at radius 3 is 2.27 bits per heavy atom. The van der Waals surface area contributed by atoms with Crippen molar-refractivity contribution in [1.29, 1.82) is 10.8 Å². The SMILES string of the molecule is N=C(N)c1ccc2oc(/C=C/c3cc4cc(C(=N)N)ccc4s3)cc2c1. The van der Waals surface area contributed by atoms with Gasteiger partial charge in [-0.05, 0) is 66.1 Å². The molecule has 0 bridgehead atoms. The third-order valence-electron chi connectivity index (χ3n) is 4.10. The van der Waals surface area contributed by atoms with Crippen molar-refractivity contribution in [3.05, 3.63) is 70.3 Å². The highest BCUT2D eigenvalue weighted by molar-refractivity contribution is 7.19. The van der Waals surface area contributed by atoms with E-state index < -0.39 is 0 Å². The molecular weight excluding hydrogens is 344 g/mol. The van der Waals surface area contributed by atoms with Gasteiger partial charge in [0.05, 0.1) is 0 Å². The minimum Gasteiger partial charge on any atom is -0.457 e. The number of nitrogen functional groups attached to an aromatic ring is 2. The van der Waals surface area contributed by atoms with Crippen LogP contribution in [-0.4, -0.2) is 11.7 Å². The molecule has 0 aliphatic heterocycles. The van der Waals surface area contributed by atoms with Crippen LogP contribution >= 0.6 is 11.3 Å². The van der Waals surface area contributed by atoms with Crippen molar-refractivity contribution >= 4 is 56.2 Å². The number of nitrogens with one attached hydrogen (secondary N) is 2. The number of rotatable bonds is 4. The van der Waals surface area contributed by atoms with Gasteiger partial charge in [0.1, 0.15) is 23.0 Å². The van der Waals surface area contributed by atoms with Crippen LogP contribution in [0.3, 0.4) is 0 Å². The molecule has 0 aliphatic rings. The van der Waals surface area contributed by atoms with Crippen LogP contribution in [-0.2, 0) is 0 Å². The first-order valence-corrected chi connectivity index (χ1v) is 8.75. The summed E-state index contributed by atoms with van der Waals surface area (Å²) in [6, 6.07) is 15.2. The summed E-state index contributed by atoms with van der Waals surface area (Å²) in [6.07, 6.45) is 3.92. The van der Waals surface area contributed by atoms with Crippen molar-refractivity contribution in [2.45, 2.75) is 0 Å². The van der Waals surface area contributed by atoms with E-state index in [2.05, 4.69) is 6.07 Å². The Hall–Kier alpha value is -3.38. The molecule has 4 rings (SSSR count). The second kappa shape index (κ2) is 6.16. The maximum atomic E-state index is 7.54. The van der Waals surface area contributed by atoms with Crippen molar-refractivity contribution in [1.82, 2.24) is 0 Å². The molecular formula is C20H16N4OS. The molecule has 128 valence electrons. The van der Waals surface area contributed by atoms with Gasteiger partial charge in [0.25, 0.3) is 0 Å². The molecule has 0 aliphatic carbocycles. The molecule has 6 N–H and O–H groups in total. The number of hydrogen-bond acceptors (Lipinski definition) is 4. The summed E-state index contributed by atoms with van der Waals surface area (Å²) in [5.41, 5.74) is 13.3. The molecule has 2 aromatic heterocycles. The van der Waals surface area contributed by atoms with Crippen LogP contribution < -0.4 is 11.5 Å². The van der Waals surface area contributed by atoms with E-state index in [0.29, 0.717) is 5.56 Å². The number of benzene rings is 2. The molecule has 0 atom stereocenters. The topological polar surface area (TPSA) is 113 Å². The van der Waals surface area contributed by atoms with Gasteiger partial charge >= 0.3 is 0 Å². The summed E-state index contributed by atoms with van der Waals surface area (Å²) < 4.78 is 6.95. The number of amidine groups is 2. The monoisotopic (exact) mass is 360 g/mol. The standard InChI is InChI=1S/C20H16N4OS/c21-19(22)11-1-5-17-13(7-11)9-15(25-17)3-4-16-10-14-8-12(20(23)24)2-6-18(14)26-16/h1-10H,(H3,21,22)(H3,23,24)/b4-3+. The molecule has 2 aromatic carbocycles. The lowest BCUT2D eigenvalue weighted by molar-refractivity contribution is 0.604. The van der Waals surface area contributed by atoms with E-state index in [1.54, 1.807) is 17.4 Å². The molecule has 0 unspecified atom stereocenters. The van der Waals surface area contributed by atoms with Gasteiger partial charge in [0, 0.05) is 26.1 Å². The van der Waals surface area contributed by atoms with Crippen LogP contribution in [0.25, 0.3) is 33.2 Å². The van der Waals surface area contributed by atoms with Crippen LogP contribution in [0.2, 0.25) is 0 Å². The molecule has 0 spiro atoms.